The summed E-state index contributed by atoms with van der Waals surface area (Å²) in [5, 5.41) is 3.06. The molecule has 0 radical (unpaired) electrons. The van der Waals surface area contributed by atoms with Gasteiger partial charge in [-0.1, -0.05) is 18.9 Å². The van der Waals surface area contributed by atoms with Crippen LogP contribution >= 0.6 is 0 Å². The Bertz CT molecular complexity index is 896. The quantitative estimate of drug-likeness (QED) is 0.842. The number of benzene rings is 1. The van der Waals surface area contributed by atoms with Gasteiger partial charge in [0.15, 0.2) is 0 Å². The first-order valence-corrected chi connectivity index (χ1v) is 10.8. The van der Waals surface area contributed by atoms with Crippen LogP contribution in [0.25, 0.3) is 0 Å². The van der Waals surface area contributed by atoms with Gasteiger partial charge in [0.05, 0.1) is 0 Å². The molecule has 0 atom stereocenters. The summed E-state index contributed by atoms with van der Waals surface area (Å²) in [7, 11) is 0. The Kier molecular flexibility index (Phi) is 6.26. The van der Waals surface area contributed by atoms with Crippen molar-refractivity contribution in [1.82, 2.24) is 14.9 Å². The van der Waals surface area contributed by atoms with Crippen molar-refractivity contribution in [3.63, 3.8) is 0 Å². The number of rotatable bonds is 4. The van der Waals surface area contributed by atoms with E-state index in [9.17, 15) is 9.59 Å². The summed E-state index contributed by atoms with van der Waals surface area (Å²) in [5.74, 6) is 0.885. The summed E-state index contributed by atoms with van der Waals surface area (Å²) in [6.07, 6.45) is 8.50. The second kappa shape index (κ2) is 9.24. The zero-order chi connectivity index (χ0) is 20.9. The lowest BCUT2D eigenvalue weighted by Crippen LogP contribution is -2.35. The SMILES string of the molecule is Cc1ccc(C(=O)N2CCCN(c3ncccn3)CC2)cc1NC(=O)C1CCCC1. The Labute approximate surface area is 177 Å². The zero-order valence-electron chi connectivity index (χ0n) is 17.5. The molecule has 0 spiro atoms. The van der Waals surface area contributed by atoms with Gasteiger partial charge in [-0.15, -0.1) is 0 Å². The van der Waals surface area contributed by atoms with Crippen LogP contribution in [0.4, 0.5) is 11.6 Å². The molecule has 1 aliphatic carbocycles. The minimum absolute atomic E-state index is 0.00203. The number of carbonyl (C=O) groups excluding carboxylic acids is 2. The standard InChI is InChI=1S/C23H29N5O2/c1-17-8-9-19(16-20(17)26-21(29)18-6-2-3-7-18)22(30)27-12-5-13-28(15-14-27)23-24-10-4-11-25-23/h4,8-11,16,18H,2-3,5-7,12-15H2,1H3,(H,26,29). The Morgan fingerprint density at radius 3 is 2.53 bits per heavy atom. The monoisotopic (exact) mass is 407 g/mol. The molecule has 7 nitrogen and oxygen atoms in total. The van der Waals surface area contributed by atoms with Crippen molar-refractivity contribution in [2.75, 3.05) is 36.4 Å². The van der Waals surface area contributed by atoms with E-state index in [1.165, 1.54) is 0 Å². The van der Waals surface area contributed by atoms with E-state index >= 15 is 0 Å². The van der Waals surface area contributed by atoms with Crippen molar-refractivity contribution in [1.29, 1.82) is 0 Å². The van der Waals surface area contributed by atoms with Crippen molar-refractivity contribution in [2.24, 2.45) is 5.92 Å². The number of carbonyl (C=O) groups is 2. The van der Waals surface area contributed by atoms with Crippen LogP contribution in [0.15, 0.2) is 36.7 Å². The highest BCUT2D eigenvalue weighted by Crippen LogP contribution is 2.27. The van der Waals surface area contributed by atoms with E-state index in [1.54, 1.807) is 18.5 Å². The first-order chi connectivity index (χ1) is 14.6. The van der Waals surface area contributed by atoms with Crippen LogP contribution in [0.3, 0.4) is 0 Å². The molecule has 1 aromatic heterocycles. The summed E-state index contributed by atoms with van der Waals surface area (Å²) >= 11 is 0. The summed E-state index contributed by atoms with van der Waals surface area (Å²) in [4.78, 5) is 38.4. The van der Waals surface area contributed by atoms with Gasteiger partial charge in [0.1, 0.15) is 0 Å². The highest BCUT2D eigenvalue weighted by molar-refractivity contribution is 5.98. The van der Waals surface area contributed by atoms with Crippen molar-refractivity contribution < 1.29 is 9.59 Å². The molecule has 2 fully saturated rings. The average Bonchev–Trinajstić information content (AvgIpc) is 3.20. The van der Waals surface area contributed by atoms with Gasteiger partial charge in [-0.2, -0.15) is 0 Å². The average molecular weight is 408 g/mol. The lowest BCUT2D eigenvalue weighted by Gasteiger charge is -2.22. The number of hydrogen-bond acceptors (Lipinski definition) is 5. The van der Waals surface area contributed by atoms with Crippen LogP contribution in [0, 0.1) is 12.8 Å². The van der Waals surface area contributed by atoms with Crippen LogP contribution in [-0.4, -0.2) is 52.9 Å². The summed E-state index contributed by atoms with van der Waals surface area (Å²) in [5.41, 5.74) is 2.33. The fraction of sp³-hybridized carbons (Fsp3) is 0.478. The lowest BCUT2D eigenvalue weighted by atomic mass is 10.1. The predicted molar refractivity (Wildman–Crippen MR) is 117 cm³/mol. The van der Waals surface area contributed by atoms with E-state index in [0.29, 0.717) is 31.1 Å². The molecule has 2 amide bonds. The second-order valence-electron chi connectivity index (χ2n) is 8.18. The molecule has 1 saturated carbocycles. The van der Waals surface area contributed by atoms with Crippen LogP contribution in [0.2, 0.25) is 0 Å². The van der Waals surface area contributed by atoms with Gasteiger partial charge in [0, 0.05) is 55.7 Å². The molecule has 1 aromatic carbocycles. The molecule has 0 bridgehead atoms. The number of aromatic nitrogens is 2. The van der Waals surface area contributed by atoms with E-state index in [-0.39, 0.29) is 17.7 Å². The molecule has 1 N–H and O–H groups in total. The van der Waals surface area contributed by atoms with Crippen molar-refractivity contribution in [3.8, 4) is 0 Å². The van der Waals surface area contributed by atoms with Crippen LogP contribution in [0.5, 0.6) is 0 Å². The van der Waals surface area contributed by atoms with Gasteiger partial charge >= 0.3 is 0 Å². The Morgan fingerprint density at radius 1 is 1.00 bits per heavy atom. The van der Waals surface area contributed by atoms with Gasteiger partial charge < -0.3 is 15.1 Å². The molecule has 4 rings (SSSR count). The predicted octanol–water partition coefficient (Wildman–Crippen LogP) is 3.27. The number of nitrogens with zero attached hydrogens (tertiary/aromatic N) is 4. The maximum absolute atomic E-state index is 13.2. The number of aryl methyl sites for hydroxylation is 1. The fourth-order valence-corrected chi connectivity index (χ4v) is 4.27. The highest BCUT2D eigenvalue weighted by atomic mass is 16.2. The Balaban J connectivity index is 1.43. The van der Waals surface area contributed by atoms with Gasteiger partial charge in [-0.25, -0.2) is 9.97 Å². The van der Waals surface area contributed by atoms with E-state index < -0.39 is 0 Å². The van der Waals surface area contributed by atoms with Crippen molar-refractivity contribution >= 4 is 23.5 Å². The minimum atomic E-state index is 0.00203. The molecule has 1 saturated heterocycles. The van der Waals surface area contributed by atoms with E-state index in [1.807, 2.05) is 30.0 Å². The summed E-state index contributed by atoms with van der Waals surface area (Å²) in [6, 6.07) is 7.40. The fourth-order valence-electron chi connectivity index (χ4n) is 4.27. The number of anilines is 2. The van der Waals surface area contributed by atoms with Gasteiger partial charge in [0.2, 0.25) is 11.9 Å². The van der Waals surface area contributed by atoms with Gasteiger partial charge in [0.25, 0.3) is 5.91 Å². The maximum Gasteiger partial charge on any atom is 0.253 e. The Morgan fingerprint density at radius 2 is 1.77 bits per heavy atom. The van der Waals surface area contributed by atoms with E-state index in [4.69, 9.17) is 0 Å². The zero-order valence-corrected chi connectivity index (χ0v) is 17.5. The van der Waals surface area contributed by atoms with E-state index in [0.717, 1.165) is 49.9 Å². The maximum atomic E-state index is 13.2. The van der Waals surface area contributed by atoms with Crippen LogP contribution in [-0.2, 0) is 4.79 Å². The number of hydrogen-bond donors (Lipinski definition) is 1. The topological polar surface area (TPSA) is 78.4 Å². The third-order valence-electron chi connectivity index (χ3n) is 6.09. The van der Waals surface area contributed by atoms with Crippen molar-refractivity contribution in [2.45, 2.75) is 39.0 Å². The largest absolute Gasteiger partial charge is 0.339 e. The second-order valence-corrected chi connectivity index (χ2v) is 8.18. The lowest BCUT2D eigenvalue weighted by molar-refractivity contribution is -0.119. The molecule has 2 aromatic rings. The highest BCUT2D eigenvalue weighted by Gasteiger charge is 2.24. The minimum Gasteiger partial charge on any atom is -0.339 e. The molecule has 30 heavy (non-hydrogen) atoms. The van der Waals surface area contributed by atoms with Gasteiger partial charge in [-0.05, 0) is 49.9 Å². The smallest absolute Gasteiger partial charge is 0.253 e. The summed E-state index contributed by atoms with van der Waals surface area (Å²) in [6.45, 7) is 4.80. The third kappa shape index (κ3) is 4.61. The molecular formula is C23H29N5O2. The van der Waals surface area contributed by atoms with Crippen LogP contribution in [0.1, 0.15) is 48.0 Å². The third-order valence-corrected chi connectivity index (χ3v) is 6.09. The first-order valence-electron chi connectivity index (χ1n) is 10.8. The van der Waals surface area contributed by atoms with Crippen molar-refractivity contribution in [3.05, 3.63) is 47.8 Å². The van der Waals surface area contributed by atoms with Gasteiger partial charge in [-0.3, -0.25) is 9.59 Å². The number of amides is 2. The molecule has 0 unspecified atom stereocenters. The number of nitrogens with one attached hydrogen (secondary N) is 1. The molecule has 2 aliphatic rings. The van der Waals surface area contributed by atoms with Crippen LogP contribution < -0.4 is 10.2 Å². The Hall–Kier alpha value is -2.96. The molecule has 7 heteroatoms. The molecule has 1 aliphatic heterocycles. The van der Waals surface area contributed by atoms with E-state index in [2.05, 4.69) is 20.2 Å². The first kappa shape index (κ1) is 20.3. The molecular weight excluding hydrogens is 378 g/mol. The summed E-state index contributed by atoms with van der Waals surface area (Å²) < 4.78 is 0. The molecule has 2 heterocycles. The molecule has 158 valence electrons. The normalized spacial score (nSPS) is 17.6.